The van der Waals surface area contributed by atoms with Crippen molar-refractivity contribution in [2.45, 2.75) is 26.3 Å². The maximum Gasteiger partial charge on any atom is 0.273 e. The molecule has 1 aliphatic heterocycles. The van der Waals surface area contributed by atoms with Crippen LogP contribution in [0.25, 0.3) is 10.6 Å². The van der Waals surface area contributed by atoms with Gasteiger partial charge in [0.2, 0.25) is 5.91 Å². The quantitative estimate of drug-likeness (QED) is 0.825. The van der Waals surface area contributed by atoms with Crippen LogP contribution in [0.4, 0.5) is 0 Å². The molecule has 1 aliphatic rings. The normalized spacial score (nSPS) is 15.5. The van der Waals surface area contributed by atoms with E-state index < -0.39 is 0 Å². The fourth-order valence-electron chi connectivity index (χ4n) is 3.03. The number of carbonyl (C=O) groups is 2. The fraction of sp³-hybridized carbons (Fsp3) is 0.450. The predicted molar refractivity (Wildman–Crippen MR) is 113 cm³/mol. The third-order valence-corrected chi connectivity index (χ3v) is 5.50. The minimum absolute atomic E-state index is 0.0133. The van der Waals surface area contributed by atoms with Gasteiger partial charge in [-0.05, 0) is 32.9 Å². The van der Waals surface area contributed by atoms with Crippen LogP contribution in [0.15, 0.2) is 29.6 Å². The van der Waals surface area contributed by atoms with E-state index in [-0.39, 0.29) is 17.4 Å². The number of hydrogen-bond acceptors (Lipinski definition) is 5. The lowest BCUT2D eigenvalue weighted by atomic mass is 10.1. The van der Waals surface area contributed by atoms with Gasteiger partial charge in [0.25, 0.3) is 5.91 Å². The Kier molecular flexibility index (Phi) is 6.37. The predicted octanol–water partition coefficient (Wildman–Crippen LogP) is 3.14. The Bertz CT molecular complexity index is 837. The van der Waals surface area contributed by atoms with E-state index in [2.05, 4.69) is 15.2 Å². The third-order valence-electron chi connectivity index (χ3n) is 4.36. The van der Waals surface area contributed by atoms with E-state index in [9.17, 15) is 9.59 Å². The molecule has 2 heterocycles. The van der Waals surface area contributed by atoms with Crippen LogP contribution in [0.3, 0.4) is 0 Å². The summed E-state index contributed by atoms with van der Waals surface area (Å²) in [5.41, 5.74) is 1.18. The molecule has 1 saturated heterocycles. The summed E-state index contributed by atoms with van der Waals surface area (Å²) in [5.74, 6) is -0.0466. The number of nitrogens with one attached hydrogen (secondary N) is 1. The molecule has 2 amide bonds. The summed E-state index contributed by atoms with van der Waals surface area (Å²) < 4.78 is 0. The molecule has 6 nitrogen and oxygen atoms in total. The number of thiazole rings is 1. The third kappa shape index (κ3) is 5.53. The maximum atomic E-state index is 12.8. The zero-order valence-corrected chi connectivity index (χ0v) is 17.9. The zero-order chi connectivity index (χ0) is 20.3. The molecule has 1 aromatic heterocycles. The highest BCUT2D eigenvalue weighted by Gasteiger charge is 2.25. The van der Waals surface area contributed by atoms with Gasteiger partial charge in [0.1, 0.15) is 10.7 Å². The van der Waals surface area contributed by atoms with Crippen molar-refractivity contribution < 1.29 is 9.59 Å². The summed E-state index contributed by atoms with van der Waals surface area (Å²) >= 11 is 7.37. The largest absolute Gasteiger partial charge is 0.350 e. The van der Waals surface area contributed by atoms with Gasteiger partial charge in [0, 0.05) is 47.7 Å². The summed E-state index contributed by atoms with van der Waals surface area (Å²) in [6.45, 7) is 8.80. The summed E-state index contributed by atoms with van der Waals surface area (Å²) in [7, 11) is 0. The molecule has 2 aromatic rings. The molecule has 28 heavy (non-hydrogen) atoms. The summed E-state index contributed by atoms with van der Waals surface area (Å²) in [6.07, 6.45) is 0. The first-order chi connectivity index (χ1) is 13.2. The van der Waals surface area contributed by atoms with Crippen molar-refractivity contribution in [1.29, 1.82) is 0 Å². The Hall–Kier alpha value is -1.96. The van der Waals surface area contributed by atoms with Crippen molar-refractivity contribution in [3.63, 3.8) is 0 Å². The molecule has 8 heteroatoms. The van der Waals surface area contributed by atoms with Crippen molar-refractivity contribution in [2.24, 2.45) is 0 Å². The number of halogens is 1. The van der Waals surface area contributed by atoms with E-state index >= 15 is 0 Å². The van der Waals surface area contributed by atoms with Gasteiger partial charge in [0.05, 0.1) is 6.54 Å². The van der Waals surface area contributed by atoms with Crippen molar-refractivity contribution in [3.8, 4) is 10.6 Å². The van der Waals surface area contributed by atoms with Crippen molar-refractivity contribution >= 4 is 34.8 Å². The van der Waals surface area contributed by atoms with Crippen LogP contribution < -0.4 is 5.32 Å². The standard InChI is InChI=1S/C20H25ClN4O2S/c1-20(2,3)23-17(26)12-24-8-10-25(11-9-24)19(27)16-13-28-18(22-16)14-4-6-15(21)7-5-14/h4-7,13H,8-12H2,1-3H3,(H,23,26). The van der Waals surface area contributed by atoms with Crippen molar-refractivity contribution in [1.82, 2.24) is 20.1 Å². The number of carbonyl (C=O) groups excluding carboxylic acids is 2. The molecular formula is C20H25ClN4O2S. The van der Waals surface area contributed by atoms with E-state index in [0.29, 0.717) is 43.4 Å². The van der Waals surface area contributed by atoms with Crippen LogP contribution in [0.5, 0.6) is 0 Å². The van der Waals surface area contributed by atoms with Crippen molar-refractivity contribution in [2.75, 3.05) is 32.7 Å². The van der Waals surface area contributed by atoms with Gasteiger partial charge < -0.3 is 10.2 Å². The second-order valence-electron chi connectivity index (χ2n) is 7.91. The number of nitrogens with zero attached hydrogens (tertiary/aromatic N) is 3. The molecule has 1 N–H and O–H groups in total. The van der Waals surface area contributed by atoms with Gasteiger partial charge in [-0.1, -0.05) is 23.7 Å². The van der Waals surface area contributed by atoms with Crippen molar-refractivity contribution in [3.05, 3.63) is 40.4 Å². The lowest BCUT2D eigenvalue weighted by molar-refractivity contribution is -0.124. The average molecular weight is 421 g/mol. The lowest BCUT2D eigenvalue weighted by Crippen LogP contribution is -2.52. The summed E-state index contributed by atoms with van der Waals surface area (Å²) in [5, 5.41) is 6.25. The summed E-state index contributed by atoms with van der Waals surface area (Å²) in [6, 6.07) is 7.43. The Labute approximate surface area is 174 Å². The van der Waals surface area contributed by atoms with Gasteiger partial charge in [0.15, 0.2) is 0 Å². The highest BCUT2D eigenvalue weighted by molar-refractivity contribution is 7.13. The SMILES string of the molecule is CC(C)(C)NC(=O)CN1CCN(C(=O)c2csc(-c3ccc(Cl)cc3)n2)CC1. The number of amides is 2. The van der Waals surface area contributed by atoms with E-state index in [4.69, 9.17) is 11.6 Å². The molecule has 1 aromatic carbocycles. The number of rotatable bonds is 4. The Balaban J connectivity index is 1.54. The molecule has 150 valence electrons. The molecular weight excluding hydrogens is 396 g/mol. The van der Waals surface area contributed by atoms with E-state index in [1.807, 2.05) is 45.0 Å². The Morgan fingerprint density at radius 1 is 1.14 bits per heavy atom. The number of hydrogen-bond donors (Lipinski definition) is 1. The topological polar surface area (TPSA) is 65.5 Å². The van der Waals surface area contributed by atoms with Gasteiger partial charge in [-0.15, -0.1) is 11.3 Å². The Morgan fingerprint density at radius 3 is 2.39 bits per heavy atom. The van der Waals surface area contributed by atoms with Gasteiger partial charge in [-0.25, -0.2) is 4.98 Å². The first kappa shape index (κ1) is 20.8. The second-order valence-corrected chi connectivity index (χ2v) is 9.21. The first-order valence-electron chi connectivity index (χ1n) is 9.25. The molecule has 0 radical (unpaired) electrons. The first-order valence-corrected chi connectivity index (χ1v) is 10.5. The minimum atomic E-state index is -0.235. The molecule has 0 atom stereocenters. The molecule has 0 saturated carbocycles. The highest BCUT2D eigenvalue weighted by atomic mass is 35.5. The van der Waals surface area contributed by atoms with Gasteiger partial charge in [-0.3, -0.25) is 14.5 Å². The minimum Gasteiger partial charge on any atom is -0.350 e. The van der Waals surface area contributed by atoms with Crippen LogP contribution >= 0.6 is 22.9 Å². The lowest BCUT2D eigenvalue weighted by Gasteiger charge is -2.34. The Morgan fingerprint density at radius 2 is 1.79 bits per heavy atom. The fourth-order valence-corrected chi connectivity index (χ4v) is 3.95. The van der Waals surface area contributed by atoms with Crippen LogP contribution in [-0.4, -0.2) is 64.9 Å². The number of benzene rings is 1. The van der Waals surface area contributed by atoms with E-state index in [0.717, 1.165) is 10.6 Å². The smallest absolute Gasteiger partial charge is 0.273 e. The number of piperazine rings is 1. The van der Waals surface area contributed by atoms with E-state index in [1.165, 1.54) is 11.3 Å². The molecule has 0 aliphatic carbocycles. The van der Waals surface area contributed by atoms with E-state index in [1.54, 1.807) is 10.3 Å². The zero-order valence-electron chi connectivity index (χ0n) is 16.4. The molecule has 0 spiro atoms. The molecule has 3 rings (SSSR count). The van der Waals surface area contributed by atoms with Crippen LogP contribution in [0.1, 0.15) is 31.3 Å². The second kappa shape index (κ2) is 8.59. The molecule has 0 unspecified atom stereocenters. The van der Waals surface area contributed by atoms with Gasteiger partial charge in [-0.2, -0.15) is 0 Å². The van der Waals surface area contributed by atoms with Gasteiger partial charge >= 0.3 is 0 Å². The summed E-state index contributed by atoms with van der Waals surface area (Å²) in [4.78, 5) is 33.2. The van der Waals surface area contributed by atoms with Crippen LogP contribution in [0, 0.1) is 0 Å². The monoisotopic (exact) mass is 420 g/mol. The average Bonchev–Trinajstić information content (AvgIpc) is 3.11. The van der Waals surface area contributed by atoms with Crippen LogP contribution in [-0.2, 0) is 4.79 Å². The highest BCUT2D eigenvalue weighted by Crippen LogP contribution is 2.25. The maximum absolute atomic E-state index is 12.8. The van der Waals surface area contributed by atoms with Crippen LogP contribution in [0.2, 0.25) is 5.02 Å². The molecule has 1 fully saturated rings. The number of aromatic nitrogens is 1. The molecule has 0 bridgehead atoms.